The van der Waals surface area contributed by atoms with Crippen LogP contribution in [0.1, 0.15) is 14.5 Å². The third-order valence-electron chi connectivity index (χ3n) is 4.14. The average Bonchev–Trinajstić information content (AvgIpc) is 3.33. The molecule has 4 rings (SSSR count). The second-order valence-corrected chi connectivity index (χ2v) is 6.97. The molecular formula is C16H14ClN7O2S. The molecule has 4 heterocycles. The zero-order valence-corrected chi connectivity index (χ0v) is 16.0. The number of carbonyl (C=O) groups is 2. The number of aromatic nitrogens is 4. The molecule has 27 heavy (non-hydrogen) atoms. The predicted octanol–water partition coefficient (Wildman–Crippen LogP) is 2.72. The molecule has 9 nitrogen and oxygen atoms in total. The summed E-state index contributed by atoms with van der Waals surface area (Å²) in [5.74, 6) is 0.306. The minimum atomic E-state index is -0.336. The lowest BCUT2D eigenvalue weighted by Gasteiger charge is -2.20. The Morgan fingerprint density at radius 1 is 1.26 bits per heavy atom. The van der Waals surface area contributed by atoms with Gasteiger partial charge in [-0.05, 0) is 11.4 Å². The Hall–Kier alpha value is -2.98. The number of anilines is 5. The maximum absolute atomic E-state index is 12.7. The fourth-order valence-corrected chi connectivity index (χ4v) is 3.75. The van der Waals surface area contributed by atoms with Gasteiger partial charge in [-0.3, -0.25) is 9.59 Å². The quantitative estimate of drug-likeness (QED) is 0.671. The van der Waals surface area contributed by atoms with E-state index in [0.29, 0.717) is 28.0 Å². The summed E-state index contributed by atoms with van der Waals surface area (Å²) >= 11 is 6.92. The van der Waals surface area contributed by atoms with Gasteiger partial charge in [0.05, 0.1) is 30.0 Å². The number of hydrogen-bond donors (Lipinski definition) is 1. The average molecular weight is 404 g/mol. The second-order valence-electron chi connectivity index (χ2n) is 5.79. The summed E-state index contributed by atoms with van der Waals surface area (Å²) in [5, 5.41) is 8.83. The first kappa shape index (κ1) is 17.4. The van der Waals surface area contributed by atoms with Crippen LogP contribution in [0.2, 0.25) is 0 Å². The monoisotopic (exact) mass is 403 g/mol. The van der Waals surface area contributed by atoms with Crippen LogP contribution in [0, 0.1) is 0 Å². The molecule has 1 N–H and O–H groups in total. The van der Waals surface area contributed by atoms with Gasteiger partial charge in [-0.1, -0.05) is 0 Å². The highest BCUT2D eigenvalue weighted by Gasteiger charge is 2.30. The van der Waals surface area contributed by atoms with E-state index < -0.39 is 0 Å². The summed E-state index contributed by atoms with van der Waals surface area (Å²) in [5.41, 5.74) is 1.94. The molecule has 3 aromatic heterocycles. The summed E-state index contributed by atoms with van der Waals surface area (Å²) in [7, 11) is 3.55. The van der Waals surface area contributed by atoms with Crippen LogP contribution >= 0.6 is 22.9 Å². The number of amides is 1. The smallest absolute Gasteiger partial charge is 0.270 e. The minimum Gasteiger partial charge on any atom is -0.326 e. The van der Waals surface area contributed by atoms with Gasteiger partial charge >= 0.3 is 0 Å². The van der Waals surface area contributed by atoms with Crippen molar-refractivity contribution in [3.63, 3.8) is 0 Å². The molecule has 0 saturated heterocycles. The number of thiophene rings is 1. The van der Waals surface area contributed by atoms with Crippen molar-refractivity contribution in [1.82, 2.24) is 19.7 Å². The first-order chi connectivity index (χ1) is 13.0. The van der Waals surface area contributed by atoms with Gasteiger partial charge in [0.1, 0.15) is 16.4 Å². The molecule has 3 aromatic rings. The highest BCUT2D eigenvalue weighted by molar-refractivity contribution is 7.12. The number of rotatable bonds is 3. The fourth-order valence-electron chi connectivity index (χ4n) is 2.73. The van der Waals surface area contributed by atoms with E-state index in [-0.39, 0.29) is 17.7 Å². The number of carbonyl (C=O) groups excluding carboxylic acids is 2. The zero-order chi connectivity index (χ0) is 19.1. The highest BCUT2D eigenvalue weighted by atomic mass is 35.5. The Bertz CT molecular complexity index is 1050. The molecule has 0 aliphatic carbocycles. The number of nitrogens with one attached hydrogen (secondary N) is 1. The fraction of sp³-hybridized carbons (Fsp3) is 0.188. The molecule has 0 bridgehead atoms. The van der Waals surface area contributed by atoms with Gasteiger partial charge in [-0.25, -0.2) is 9.67 Å². The number of alkyl halides is 1. The van der Waals surface area contributed by atoms with Crippen molar-refractivity contribution in [3.8, 4) is 0 Å². The maximum atomic E-state index is 12.7. The van der Waals surface area contributed by atoms with Crippen LogP contribution in [0.3, 0.4) is 0 Å². The normalized spacial score (nSPS) is 13.2. The largest absolute Gasteiger partial charge is 0.326 e. The molecule has 0 fully saturated rings. The van der Waals surface area contributed by atoms with Crippen molar-refractivity contribution in [2.45, 2.75) is 0 Å². The Morgan fingerprint density at radius 2 is 2.07 bits per heavy atom. The van der Waals surface area contributed by atoms with Crippen LogP contribution in [0.5, 0.6) is 0 Å². The van der Waals surface area contributed by atoms with Gasteiger partial charge < -0.3 is 15.1 Å². The van der Waals surface area contributed by atoms with Crippen LogP contribution < -0.4 is 15.1 Å². The molecule has 1 amide bonds. The Kier molecular flexibility index (Phi) is 4.28. The van der Waals surface area contributed by atoms with Gasteiger partial charge in [0, 0.05) is 14.1 Å². The van der Waals surface area contributed by atoms with E-state index in [2.05, 4.69) is 20.4 Å². The second kappa shape index (κ2) is 6.63. The number of fused-ring (bicyclic) bond motifs is 2. The van der Waals surface area contributed by atoms with Gasteiger partial charge in [-0.2, -0.15) is 10.1 Å². The van der Waals surface area contributed by atoms with Crippen molar-refractivity contribution in [2.75, 3.05) is 35.1 Å². The Labute approximate surface area is 163 Å². The van der Waals surface area contributed by atoms with Gasteiger partial charge in [0.15, 0.2) is 5.82 Å². The summed E-state index contributed by atoms with van der Waals surface area (Å²) < 4.78 is 1.15. The van der Waals surface area contributed by atoms with Crippen molar-refractivity contribution < 1.29 is 9.59 Å². The van der Waals surface area contributed by atoms with Crippen LogP contribution in [0.25, 0.3) is 0 Å². The number of hydrogen-bond acceptors (Lipinski definition) is 8. The predicted molar refractivity (Wildman–Crippen MR) is 104 cm³/mol. The van der Waals surface area contributed by atoms with Gasteiger partial charge in [0.2, 0.25) is 5.95 Å². The van der Waals surface area contributed by atoms with E-state index in [1.807, 2.05) is 23.4 Å². The molecular weight excluding hydrogens is 390 g/mol. The van der Waals surface area contributed by atoms with E-state index in [4.69, 9.17) is 11.6 Å². The van der Waals surface area contributed by atoms with E-state index >= 15 is 0 Å². The molecule has 0 saturated carbocycles. The molecule has 0 atom stereocenters. The minimum absolute atomic E-state index is 0.101. The van der Waals surface area contributed by atoms with Crippen molar-refractivity contribution in [3.05, 3.63) is 34.9 Å². The van der Waals surface area contributed by atoms with Gasteiger partial charge in [0.25, 0.3) is 11.8 Å². The Morgan fingerprint density at radius 3 is 2.85 bits per heavy atom. The molecule has 1 aliphatic rings. The molecule has 0 radical (unpaired) electrons. The van der Waals surface area contributed by atoms with E-state index in [9.17, 15) is 9.59 Å². The third kappa shape index (κ3) is 2.92. The van der Waals surface area contributed by atoms with Crippen molar-refractivity contribution >= 4 is 63.6 Å². The summed E-state index contributed by atoms with van der Waals surface area (Å²) in [6, 6.07) is 1.89. The van der Waals surface area contributed by atoms with Gasteiger partial charge in [-0.15, -0.1) is 22.9 Å². The molecule has 0 aromatic carbocycles. The number of nitrogens with zero attached hydrogens (tertiary/aromatic N) is 6. The van der Waals surface area contributed by atoms with Crippen LogP contribution in [-0.2, 0) is 0 Å². The molecule has 0 unspecified atom stereocenters. The van der Waals surface area contributed by atoms with E-state index in [0.717, 1.165) is 10.4 Å². The first-order valence-electron chi connectivity index (χ1n) is 7.86. The van der Waals surface area contributed by atoms with Crippen molar-refractivity contribution in [1.29, 1.82) is 0 Å². The molecule has 138 valence electrons. The van der Waals surface area contributed by atoms with Crippen molar-refractivity contribution in [2.24, 2.45) is 0 Å². The SMILES string of the molecule is CN1C(=O)c2sccc2N(C)c2nc(Nc3cnn(C(=O)CCl)c3)ncc21. The zero-order valence-electron chi connectivity index (χ0n) is 14.4. The standard InChI is InChI=1S/C16H14ClN7O2S/c1-22-10-3-4-27-13(10)15(26)23(2)11-7-18-16(21-14(11)22)20-9-6-19-24(8-9)12(25)5-17/h3-4,6-8H,5H2,1-2H3,(H,18,20,21). The van der Waals surface area contributed by atoms with Crippen LogP contribution in [0.4, 0.5) is 28.8 Å². The first-order valence-corrected chi connectivity index (χ1v) is 9.28. The summed E-state index contributed by atoms with van der Waals surface area (Å²) in [6.07, 6.45) is 4.58. The van der Waals surface area contributed by atoms with E-state index in [1.165, 1.54) is 28.6 Å². The number of halogens is 1. The summed E-state index contributed by atoms with van der Waals surface area (Å²) in [4.78, 5) is 37.1. The summed E-state index contributed by atoms with van der Waals surface area (Å²) in [6.45, 7) is 0. The lowest BCUT2D eigenvalue weighted by Crippen LogP contribution is -2.25. The maximum Gasteiger partial charge on any atom is 0.270 e. The van der Waals surface area contributed by atoms with E-state index in [1.54, 1.807) is 13.2 Å². The van der Waals surface area contributed by atoms with Crippen LogP contribution in [0.15, 0.2) is 30.0 Å². The molecule has 1 aliphatic heterocycles. The topological polar surface area (TPSA) is 96.3 Å². The molecule has 11 heteroatoms. The third-order valence-corrected chi connectivity index (χ3v) is 5.26. The highest BCUT2D eigenvalue weighted by Crippen LogP contribution is 2.40. The Balaban J connectivity index is 1.70. The van der Waals surface area contributed by atoms with Crippen LogP contribution in [-0.4, -0.2) is 51.5 Å². The molecule has 0 spiro atoms. The lowest BCUT2D eigenvalue weighted by atomic mass is 10.3. The lowest BCUT2D eigenvalue weighted by molar-refractivity contribution is 0.0924.